The van der Waals surface area contributed by atoms with Crippen LogP contribution in [0.25, 0.3) is 21.9 Å². The molecule has 1 fully saturated rings. The molecule has 16 heteroatoms. The molecule has 4 aromatic carbocycles. The number of alkyl halides is 6. The number of fused-ring (bicyclic) bond motifs is 1. The fourth-order valence-corrected chi connectivity index (χ4v) is 6.93. The standard InChI is InChI=1S/C30H35F3N2O4.C8H9FN2O.C4H7F3/c1-29(2)18-34(19-30(31,32)33)13-14-35(29)17-20-15-25(38-3)28(26(16-20)39-4)24-10-6-8-22-21(11-12-27(36)37)7-5-9-23(22)24;1-4-2-5(10)3-6(9)7(4)8(11)12;1-2-3-4(5,6)7/h5-10,15-16H,11-14,17-19H2,1-4H3,(H,36,37);2-3H,10H2,1H3,(H2,11,12);2-3H2,1H3. The van der Waals surface area contributed by atoms with E-state index in [0.717, 1.165) is 39.1 Å². The molecule has 0 saturated carbocycles. The molecule has 58 heavy (non-hydrogen) atoms. The van der Waals surface area contributed by atoms with Gasteiger partial charge in [0, 0.05) is 50.2 Å². The smallest absolute Gasteiger partial charge is 0.401 e. The van der Waals surface area contributed by atoms with E-state index in [2.05, 4.69) is 4.90 Å². The van der Waals surface area contributed by atoms with Crippen LogP contribution in [0.3, 0.4) is 0 Å². The van der Waals surface area contributed by atoms with Crippen LogP contribution < -0.4 is 20.9 Å². The Hall–Kier alpha value is -5.09. The van der Waals surface area contributed by atoms with Crippen LogP contribution in [0.2, 0.25) is 0 Å². The maximum absolute atomic E-state index is 13.0. The van der Waals surface area contributed by atoms with Gasteiger partial charge in [0.15, 0.2) is 0 Å². The van der Waals surface area contributed by atoms with Crippen LogP contribution in [-0.2, 0) is 17.8 Å². The molecule has 0 unspecified atom stereocenters. The Morgan fingerprint density at radius 3 is 1.98 bits per heavy atom. The zero-order valence-electron chi connectivity index (χ0n) is 33.4. The molecule has 0 aromatic heterocycles. The monoisotopic (exact) mass is 824 g/mol. The second-order valence-corrected chi connectivity index (χ2v) is 14.6. The van der Waals surface area contributed by atoms with Crippen LogP contribution in [0.4, 0.5) is 36.4 Å². The molecule has 1 saturated heterocycles. The number of aliphatic carboxylic acids is 1. The Bertz CT molecular complexity index is 1990. The van der Waals surface area contributed by atoms with Gasteiger partial charge in [-0.05, 0) is 90.9 Å². The van der Waals surface area contributed by atoms with Gasteiger partial charge >= 0.3 is 18.3 Å². The van der Waals surface area contributed by atoms with E-state index >= 15 is 0 Å². The molecule has 0 spiro atoms. The molecule has 1 heterocycles. The minimum absolute atomic E-state index is 0.0471. The Labute approximate surface area is 333 Å². The number of hydrogen-bond acceptors (Lipinski definition) is 7. The third-order valence-corrected chi connectivity index (χ3v) is 9.47. The highest BCUT2D eigenvalue weighted by Gasteiger charge is 2.39. The van der Waals surface area contributed by atoms with E-state index < -0.39 is 48.6 Å². The number of hydrogen-bond donors (Lipinski definition) is 3. The quantitative estimate of drug-likeness (QED) is 0.101. The van der Waals surface area contributed by atoms with Crippen molar-refractivity contribution >= 4 is 28.3 Å². The zero-order chi connectivity index (χ0) is 43.6. The van der Waals surface area contributed by atoms with Crippen molar-refractivity contribution in [2.24, 2.45) is 5.73 Å². The Morgan fingerprint density at radius 1 is 0.897 bits per heavy atom. The topological polar surface area (TPSA) is 131 Å². The fraction of sp³-hybridized carbons (Fsp3) is 0.429. The highest BCUT2D eigenvalue weighted by atomic mass is 19.4. The molecular formula is C42H51F7N4O5. The van der Waals surface area contributed by atoms with Gasteiger partial charge in [-0.3, -0.25) is 19.4 Å². The lowest BCUT2D eigenvalue weighted by Crippen LogP contribution is -2.59. The van der Waals surface area contributed by atoms with Gasteiger partial charge < -0.3 is 26.0 Å². The number of carbonyl (C=O) groups excluding carboxylic acids is 1. The summed E-state index contributed by atoms with van der Waals surface area (Å²) in [4.78, 5) is 25.5. The number of nitrogen functional groups attached to an aromatic ring is 1. The Balaban J connectivity index is 0.000000388. The van der Waals surface area contributed by atoms with Crippen molar-refractivity contribution in [3.05, 3.63) is 88.7 Å². The average molecular weight is 825 g/mol. The highest BCUT2D eigenvalue weighted by Crippen LogP contribution is 2.43. The van der Waals surface area contributed by atoms with Crippen molar-refractivity contribution in [1.82, 2.24) is 9.80 Å². The summed E-state index contributed by atoms with van der Waals surface area (Å²) in [5.74, 6) is -1.03. The number of rotatable bonds is 11. The van der Waals surface area contributed by atoms with Gasteiger partial charge in [0.25, 0.3) is 5.91 Å². The first-order valence-corrected chi connectivity index (χ1v) is 18.4. The van der Waals surface area contributed by atoms with E-state index in [4.69, 9.17) is 26.0 Å². The Kier molecular flexibility index (Phi) is 16.3. The van der Waals surface area contributed by atoms with Gasteiger partial charge in [0.1, 0.15) is 17.3 Å². The molecule has 9 nitrogen and oxygen atoms in total. The van der Waals surface area contributed by atoms with Crippen molar-refractivity contribution in [2.75, 3.05) is 46.1 Å². The normalized spacial score (nSPS) is 14.5. The van der Waals surface area contributed by atoms with Gasteiger partial charge in [-0.1, -0.05) is 43.3 Å². The molecular weight excluding hydrogens is 773 g/mol. The second kappa shape index (κ2) is 20.1. The lowest BCUT2D eigenvalue weighted by molar-refractivity contribution is -0.155. The van der Waals surface area contributed by atoms with Crippen LogP contribution in [0.1, 0.15) is 67.1 Å². The number of halogens is 7. The number of methoxy groups -OCH3 is 2. The summed E-state index contributed by atoms with van der Waals surface area (Å²) >= 11 is 0. The van der Waals surface area contributed by atoms with Crippen molar-refractivity contribution in [1.29, 1.82) is 0 Å². The van der Waals surface area contributed by atoms with E-state index in [9.17, 15) is 40.3 Å². The number of piperazine rings is 1. The minimum Gasteiger partial charge on any atom is -0.496 e. The first-order chi connectivity index (χ1) is 27.0. The molecule has 0 aliphatic carbocycles. The molecule has 318 valence electrons. The molecule has 0 atom stereocenters. The Morgan fingerprint density at radius 2 is 1.50 bits per heavy atom. The van der Waals surface area contributed by atoms with E-state index in [1.165, 1.54) is 17.9 Å². The summed E-state index contributed by atoms with van der Waals surface area (Å²) in [6, 6.07) is 18.3. The largest absolute Gasteiger partial charge is 0.496 e. The fourth-order valence-electron chi connectivity index (χ4n) is 6.93. The molecule has 5 rings (SSSR count). The molecule has 5 N–H and O–H groups in total. The molecule has 1 amide bonds. The molecule has 1 aliphatic rings. The van der Waals surface area contributed by atoms with E-state index in [-0.39, 0.29) is 24.1 Å². The van der Waals surface area contributed by atoms with Gasteiger partial charge in [0.05, 0.1) is 31.9 Å². The predicted molar refractivity (Wildman–Crippen MR) is 210 cm³/mol. The minimum atomic E-state index is -4.21. The summed E-state index contributed by atoms with van der Waals surface area (Å²) in [7, 11) is 3.20. The molecule has 1 aliphatic heterocycles. The van der Waals surface area contributed by atoms with Crippen LogP contribution in [0.15, 0.2) is 60.7 Å². The summed E-state index contributed by atoms with van der Waals surface area (Å²) in [6.45, 7) is 7.84. The molecule has 4 aromatic rings. The third-order valence-electron chi connectivity index (χ3n) is 9.47. The molecule has 0 radical (unpaired) electrons. The number of nitrogens with zero attached hydrogens (tertiary/aromatic N) is 2. The third kappa shape index (κ3) is 13.5. The van der Waals surface area contributed by atoms with E-state index in [1.807, 2.05) is 62.4 Å². The number of nitrogens with two attached hydrogens (primary N) is 2. The number of benzene rings is 4. The van der Waals surface area contributed by atoms with Crippen LogP contribution in [-0.4, -0.2) is 85.1 Å². The van der Waals surface area contributed by atoms with E-state index in [1.54, 1.807) is 21.1 Å². The van der Waals surface area contributed by atoms with Crippen molar-refractivity contribution < 1.29 is 54.9 Å². The van der Waals surface area contributed by atoms with Crippen LogP contribution in [0, 0.1) is 12.7 Å². The van der Waals surface area contributed by atoms with E-state index in [0.29, 0.717) is 49.7 Å². The van der Waals surface area contributed by atoms with Crippen molar-refractivity contribution in [3.63, 3.8) is 0 Å². The first-order valence-electron chi connectivity index (χ1n) is 18.4. The lowest BCUT2D eigenvalue weighted by atomic mass is 9.92. The number of primary amides is 1. The SMILES string of the molecule is CCCC(F)(F)F.COc1cc(CN2CCN(CC(F)(F)F)CC2(C)C)cc(OC)c1-c1cccc2c(CCC(=O)O)cccc12.Cc1cc(N)cc(F)c1C(N)=O. The number of amides is 1. The number of anilines is 1. The number of carboxylic acid groups (broad SMARTS) is 1. The van der Waals surface area contributed by atoms with Crippen molar-refractivity contribution in [3.8, 4) is 22.6 Å². The van der Waals surface area contributed by atoms with Crippen LogP contribution >= 0.6 is 0 Å². The second-order valence-electron chi connectivity index (χ2n) is 14.6. The van der Waals surface area contributed by atoms with Gasteiger partial charge in [0.2, 0.25) is 0 Å². The summed E-state index contributed by atoms with van der Waals surface area (Å²) < 4.78 is 96.7. The lowest BCUT2D eigenvalue weighted by Gasteiger charge is -2.47. The number of carbonyl (C=O) groups is 2. The summed E-state index contributed by atoms with van der Waals surface area (Å²) in [6.07, 6.45) is -8.17. The predicted octanol–water partition coefficient (Wildman–Crippen LogP) is 9.16. The van der Waals surface area contributed by atoms with Gasteiger partial charge in [-0.15, -0.1) is 0 Å². The summed E-state index contributed by atoms with van der Waals surface area (Å²) in [5, 5.41) is 11.1. The molecule has 0 bridgehead atoms. The average Bonchev–Trinajstić information content (AvgIpc) is 3.09. The number of ether oxygens (including phenoxy) is 2. The maximum atomic E-state index is 13.0. The maximum Gasteiger partial charge on any atom is 0.401 e. The van der Waals surface area contributed by atoms with Crippen molar-refractivity contribution in [2.45, 2.75) is 77.8 Å². The number of aryl methyl sites for hydroxylation is 2. The zero-order valence-corrected chi connectivity index (χ0v) is 33.4. The highest BCUT2D eigenvalue weighted by molar-refractivity contribution is 6.01. The summed E-state index contributed by atoms with van der Waals surface area (Å²) in [5.41, 5.74) is 14.1. The van der Waals surface area contributed by atoms with Gasteiger partial charge in [-0.2, -0.15) is 26.3 Å². The van der Waals surface area contributed by atoms with Crippen LogP contribution in [0.5, 0.6) is 11.5 Å². The first kappa shape index (κ1) is 47.3. The van der Waals surface area contributed by atoms with Gasteiger partial charge in [-0.25, -0.2) is 4.39 Å². The number of carboxylic acids is 1.